The molecule has 2 heterocycles. The highest BCUT2D eigenvalue weighted by Gasteiger charge is 2.31. The molecule has 0 bridgehead atoms. The number of aryl methyl sites for hydroxylation is 1. The van der Waals surface area contributed by atoms with Gasteiger partial charge < -0.3 is 20.1 Å². The molecule has 1 aliphatic heterocycles. The van der Waals surface area contributed by atoms with E-state index in [0.717, 1.165) is 32.2 Å². The lowest BCUT2D eigenvalue weighted by Gasteiger charge is -2.25. The minimum Gasteiger partial charge on any atom is -0.353 e. The van der Waals surface area contributed by atoms with Gasteiger partial charge in [0.25, 0.3) is 0 Å². The van der Waals surface area contributed by atoms with Crippen molar-refractivity contribution in [3.63, 3.8) is 0 Å². The van der Waals surface area contributed by atoms with Crippen molar-refractivity contribution in [3.05, 3.63) is 24.0 Å². The van der Waals surface area contributed by atoms with E-state index in [1.807, 2.05) is 24.2 Å². The predicted octanol–water partition coefficient (Wildman–Crippen LogP) is 2.32. The lowest BCUT2D eigenvalue weighted by molar-refractivity contribution is -0.121. The molecule has 0 spiro atoms. The van der Waals surface area contributed by atoms with Crippen molar-refractivity contribution in [2.75, 3.05) is 13.1 Å². The molecule has 6 nitrogen and oxygen atoms in total. The van der Waals surface area contributed by atoms with Crippen molar-refractivity contribution in [1.29, 1.82) is 0 Å². The van der Waals surface area contributed by atoms with E-state index in [0.29, 0.717) is 19.0 Å². The fourth-order valence-corrected chi connectivity index (χ4v) is 3.89. The van der Waals surface area contributed by atoms with Gasteiger partial charge in [-0.1, -0.05) is 12.8 Å². The van der Waals surface area contributed by atoms with Crippen LogP contribution in [0.4, 0.5) is 4.79 Å². The molecule has 0 radical (unpaired) electrons. The lowest BCUT2D eigenvalue weighted by atomic mass is 10.1. The van der Waals surface area contributed by atoms with E-state index >= 15 is 0 Å². The molecule has 2 aliphatic rings. The summed E-state index contributed by atoms with van der Waals surface area (Å²) >= 11 is 0. The Hall–Kier alpha value is -1.98. The number of hydrogen-bond donors (Lipinski definition) is 2. The zero-order valence-electron chi connectivity index (χ0n) is 14.5. The van der Waals surface area contributed by atoms with Gasteiger partial charge in [0.2, 0.25) is 5.91 Å². The Bertz CT molecular complexity index is 577. The molecule has 0 aromatic carbocycles. The molecule has 1 unspecified atom stereocenters. The van der Waals surface area contributed by atoms with Gasteiger partial charge in [-0.15, -0.1) is 0 Å². The van der Waals surface area contributed by atoms with Crippen LogP contribution in [0.1, 0.15) is 56.7 Å². The first kappa shape index (κ1) is 16.9. The molecule has 1 aromatic rings. The van der Waals surface area contributed by atoms with Crippen LogP contribution in [0.5, 0.6) is 0 Å². The van der Waals surface area contributed by atoms with Crippen molar-refractivity contribution in [2.24, 2.45) is 7.05 Å². The molecule has 1 atom stereocenters. The minimum atomic E-state index is -0.0626. The number of rotatable bonds is 5. The third-order valence-corrected chi connectivity index (χ3v) is 5.19. The molecule has 1 saturated carbocycles. The molecular weight excluding hydrogens is 304 g/mol. The highest BCUT2D eigenvalue weighted by Crippen LogP contribution is 2.31. The summed E-state index contributed by atoms with van der Waals surface area (Å²) in [6.07, 6.45) is 8.96. The van der Waals surface area contributed by atoms with Gasteiger partial charge in [0.15, 0.2) is 0 Å². The smallest absolute Gasteiger partial charge is 0.317 e. The van der Waals surface area contributed by atoms with Gasteiger partial charge in [-0.05, 0) is 37.8 Å². The lowest BCUT2D eigenvalue weighted by Crippen LogP contribution is -2.42. The average Bonchev–Trinajstić information content (AvgIpc) is 3.27. The minimum absolute atomic E-state index is 0.0441. The van der Waals surface area contributed by atoms with Crippen LogP contribution in [0.3, 0.4) is 0 Å². The number of nitrogens with zero attached hydrogens (tertiary/aromatic N) is 2. The second-order valence-electron chi connectivity index (χ2n) is 6.93. The van der Waals surface area contributed by atoms with Crippen molar-refractivity contribution in [3.8, 4) is 0 Å². The first-order chi connectivity index (χ1) is 11.6. The summed E-state index contributed by atoms with van der Waals surface area (Å²) in [6, 6.07) is 4.50. The van der Waals surface area contributed by atoms with Crippen LogP contribution in [-0.2, 0) is 11.8 Å². The molecule has 2 N–H and O–H groups in total. The highest BCUT2D eigenvalue weighted by atomic mass is 16.2. The number of carbonyl (C=O) groups is 2. The van der Waals surface area contributed by atoms with Gasteiger partial charge in [-0.25, -0.2) is 4.79 Å². The number of carbonyl (C=O) groups excluding carboxylic acids is 2. The largest absolute Gasteiger partial charge is 0.353 e. The Morgan fingerprint density at radius 2 is 2.00 bits per heavy atom. The summed E-state index contributed by atoms with van der Waals surface area (Å²) in [5, 5.41) is 5.96. The molecular formula is C18H28N4O2. The Morgan fingerprint density at radius 1 is 1.21 bits per heavy atom. The van der Waals surface area contributed by atoms with Crippen LogP contribution < -0.4 is 10.6 Å². The summed E-state index contributed by atoms with van der Waals surface area (Å²) < 4.78 is 2.07. The second-order valence-corrected chi connectivity index (χ2v) is 6.93. The van der Waals surface area contributed by atoms with Crippen LogP contribution >= 0.6 is 0 Å². The first-order valence-electron chi connectivity index (χ1n) is 9.10. The van der Waals surface area contributed by atoms with E-state index in [1.165, 1.54) is 18.5 Å². The average molecular weight is 332 g/mol. The van der Waals surface area contributed by atoms with Crippen molar-refractivity contribution < 1.29 is 9.59 Å². The first-order valence-corrected chi connectivity index (χ1v) is 9.10. The molecule has 1 aromatic heterocycles. The summed E-state index contributed by atoms with van der Waals surface area (Å²) in [5.74, 6) is 0.0441. The van der Waals surface area contributed by atoms with Crippen LogP contribution in [0.25, 0.3) is 0 Å². The van der Waals surface area contributed by atoms with Gasteiger partial charge in [0, 0.05) is 44.5 Å². The standard InChI is InChI=1S/C18H28N4O2/c1-21-12-4-8-15(21)16-9-5-13-22(16)18(24)19-11-10-17(23)20-14-6-2-3-7-14/h4,8,12,14,16H,2-3,5-7,9-11,13H2,1H3,(H,19,24)(H,20,23). The maximum absolute atomic E-state index is 12.5. The van der Waals surface area contributed by atoms with Crippen molar-refractivity contribution in [1.82, 2.24) is 20.1 Å². The van der Waals surface area contributed by atoms with E-state index in [2.05, 4.69) is 21.3 Å². The van der Waals surface area contributed by atoms with Crippen LogP contribution in [0.2, 0.25) is 0 Å². The zero-order valence-corrected chi connectivity index (χ0v) is 14.5. The van der Waals surface area contributed by atoms with Gasteiger partial charge in [0.05, 0.1) is 6.04 Å². The normalized spacial score (nSPS) is 21.2. The summed E-state index contributed by atoms with van der Waals surface area (Å²) in [5.41, 5.74) is 1.17. The van der Waals surface area contributed by atoms with Crippen LogP contribution in [0, 0.1) is 0 Å². The number of hydrogen-bond acceptors (Lipinski definition) is 2. The Morgan fingerprint density at radius 3 is 2.71 bits per heavy atom. The number of urea groups is 1. The summed E-state index contributed by atoms with van der Waals surface area (Å²) in [7, 11) is 2.01. The maximum atomic E-state index is 12.5. The summed E-state index contributed by atoms with van der Waals surface area (Å²) in [4.78, 5) is 26.3. The number of nitrogens with one attached hydrogen (secondary N) is 2. The van der Waals surface area contributed by atoms with E-state index < -0.39 is 0 Å². The Balaban J connectivity index is 1.44. The molecule has 1 saturated heterocycles. The maximum Gasteiger partial charge on any atom is 0.317 e. The van der Waals surface area contributed by atoms with Gasteiger partial charge in [0.1, 0.15) is 0 Å². The fourth-order valence-electron chi connectivity index (χ4n) is 3.89. The molecule has 3 amide bonds. The third-order valence-electron chi connectivity index (χ3n) is 5.19. The second kappa shape index (κ2) is 7.73. The number of amides is 3. The molecule has 3 rings (SSSR count). The molecule has 1 aliphatic carbocycles. The summed E-state index contributed by atoms with van der Waals surface area (Å²) in [6.45, 7) is 1.17. The number of likely N-dealkylation sites (tertiary alicyclic amines) is 1. The van der Waals surface area contributed by atoms with E-state index in [1.54, 1.807) is 0 Å². The number of aromatic nitrogens is 1. The van der Waals surface area contributed by atoms with E-state index in [4.69, 9.17) is 0 Å². The van der Waals surface area contributed by atoms with Crippen molar-refractivity contribution in [2.45, 2.75) is 57.0 Å². The van der Waals surface area contributed by atoms with Gasteiger partial charge >= 0.3 is 6.03 Å². The van der Waals surface area contributed by atoms with E-state index in [-0.39, 0.29) is 18.0 Å². The Labute approximate surface area is 143 Å². The van der Waals surface area contributed by atoms with Crippen LogP contribution in [-0.4, -0.2) is 40.5 Å². The molecule has 24 heavy (non-hydrogen) atoms. The predicted molar refractivity (Wildman–Crippen MR) is 92.5 cm³/mol. The van der Waals surface area contributed by atoms with Gasteiger partial charge in [-0.2, -0.15) is 0 Å². The fraction of sp³-hybridized carbons (Fsp3) is 0.667. The van der Waals surface area contributed by atoms with Crippen molar-refractivity contribution >= 4 is 11.9 Å². The third kappa shape index (κ3) is 3.91. The van der Waals surface area contributed by atoms with Gasteiger partial charge in [-0.3, -0.25) is 4.79 Å². The molecule has 6 heteroatoms. The monoisotopic (exact) mass is 332 g/mol. The molecule has 2 fully saturated rings. The highest BCUT2D eigenvalue weighted by molar-refractivity contribution is 5.78. The van der Waals surface area contributed by atoms with E-state index in [9.17, 15) is 9.59 Å². The topological polar surface area (TPSA) is 66.4 Å². The Kier molecular flexibility index (Phi) is 5.43. The SMILES string of the molecule is Cn1cccc1C1CCCN1C(=O)NCCC(=O)NC1CCCC1. The molecule has 132 valence electrons. The zero-order chi connectivity index (χ0) is 16.9. The van der Waals surface area contributed by atoms with Crippen LogP contribution in [0.15, 0.2) is 18.3 Å². The quantitative estimate of drug-likeness (QED) is 0.869.